The number of likely N-dealkylation sites (N-methyl/N-ethyl adjacent to an activating group) is 1. The molecule has 112 valence electrons. The van der Waals surface area contributed by atoms with E-state index in [-0.39, 0.29) is 17.7 Å². The van der Waals surface area contributed by atoms with Crippen LogP contribution in [0.4, 0.5) is 5.13 Å². The molecule has 7 nitrogen and oxygen atoms in total. The molecule has 0 saturated heterocycles. The first kappa shape index (κ1) is 16.7. The Balaban J connectivity index is 2.55. The van der Waals surface area contributed by atoms with Gasteiger partial charge in [0.15, 0.2) is 4.34 Å². The fourth-order valence-corrected chi connectivity index (χ4v) is 3.07. The molecule has 1 aromatic heterocycles. The van der Waals surface area contributed by atoms with Crippen molar-refractivity contribution in [3.05, 3.63) is 0 Å². The molecule has 20 heavy (non-hydrogen) atoms. The molecular formula is C11H18N4O3S2. The van der Waals surface area contributed by atoms with Crippen molar-refractivity contribution in [3.63, 3.8) is 0 Å². The molecule has 1 rings (SSSR count). The Labute approximate surface area is 125 Å². The predicted octanol–water partition coefficient (Wildman–Crippen LogP) is 1.38. The molecule has 1 unspecified atom stereocenters. The van der Waals surface area contributed by atoms with Gasteiger partial charge in [-0.15, -0.1) is 10.2 Å². The number of carbonyl (C=O) groups excluding carboxylic acids is 1. The number of carboxylic acids is 1. The van der Waals surface area contributed by atoms with E-state index in [2.05, 4.69) is 15.5 Å². The van der Waals surface area contributed by atoms with Gasteiger partial charge in [-0.1, -0.05) is 23.1 Å². The maximum absolute atomic E-state index is 12.1. The molecule has 0 aliphatic rings. The first-order chi connectivity index (χ1) is 9.47. The second kappa shape index (κ2) is 8.05. The summed E-state index contributed by atoms with van der Waals surface area (Å²) in [7, 11) is 0. The highest BCUT2D eigenvalue weighted by Crippen LogP contribution is 2.25. The zero-order valence-electron chi connectivity index (χ0n) is 11.6. The summed E-state index contributed by atoms with van der Waals surface area (Å²) in [6.45, 7) is 6.96. The van der Waals surface area contributed by atoms with E-state index in [4.69, 9.17) is 5.11 Å². The molecule has 1 amide bonds. The van der Waals surface area contributed by atoms with Crippen molar-refractivity contribution in [2.45, 2.75) is 31.2 Å². The quantitative estimate of drug-likeness (QED) is 0.699. The molecule has 0 fully saturated rings. The molecule has 1 aromatic rings. The van der Waals surface area contributed by atoms with Crippen LogP contribution >= 0.6 is 23.1 Å². The van der Waals surface area contributed by atoms with Crippen LogP contribution in [0.15, 0.2) is 4.34 Å². The number of rotatable bonds is 8. The molecule has 0 aromatic carbocycles. The highest BCUT2D eigenvalue weighted by molar-refractivity contribution is 8.01. The zero-order chi connectivity index (χ0) is 15.1. The third-order valence-electron chi connectivity index (χ3n) is 2.51. The smallest absolute Gasteiger partial charge is 0.313 e. The zero-order valence-corrected chi connectivity index (χ0v) is 13.3. The molecule has 0 aliphatic carbocycles. The number of thioether (sulfide) groups is 1. The second-order valence-corrected chi connectivity index (χ2v) is 6.13. The van der Waals surface area contributed by atoms with E-state index in [1.807, 2.05) is 13.8 Å². The Kier molecular flexibility index (Phi) is 6.73. The molecule has 1 heterocycles. The number of aromatic nitrogens is 2. The average Bonchev–Trinajstić information content (AvgIpc) is 2.85. The van der Waals surface area contributed by atoms with Crippen LogP contribution in [-0.2, 0) is 9.59 Å². The van der Waals surface area contributed by atoms with Crippen LogP contribution in [0, 0.1) is 0 Å². The van der Waals surface area contributed by atoms with Crippen LogP contribution in [0.1, 0.15) is 20.8 Å². The van der Waals surface area contributed by atoms with Crippen molar-refractivity contribution in [1.82, 2.24) is 15.1 Å². The molecule has 1 atom stereocenters. The minimum atomic E-state index is -0.898. The summed E-state index contributed by atoms with van der Waals surface area (Å²) in [5, 5.41) is 19.9. The number of hydrogen-bond donors (Lipinski definition) is 2. The Morgan fingerprint density at radius 1 is 1.40 bits per heavy atom. The number of anilines is 1. The third-order valence-corrected chi connectivity index (χ3v) is 4.48. The van der Waals surface area contributed by atoms with Crippen LogP contribution in [0.3, 0.4) is 0 Å². The SMILES string of the molecule is CCN(CC)C(=O)C(C)Nc1nnc(SCC(=O)O)s1. The topological polar surface area (TPSA) is 95.4 Å². The van der Waals surface area contributed by atoms with Gasteiger partial charge in [-0.25, -0.2) is 0 Å². The van der Waals surface area contributed by atoms with Crippen molar-refractivity contribution < 1.29 is 14.7 Å². The summed E-state index contributed by atoms with van der Waals surface area (Å²) >= 11 is 2.35. The Hall–Kier alpha value is -1.35. The fourth-order valence-electron chi connectivity index (χ4n) is 1.51. The lowest BCUT2D eigenvalue weighted by Crippen LogP contribution is -2.41. The number of amides is 1. The monoisotopic (exact) mass is 318 g/mol. The van der Waals surface area contributed by atoms with Gasteiger partial charge in [0.25, 0.3) is 0 Å². The van der Waals surface area contributed by atoms with E-state index in [0.717, 1.165) is 11.8 Å². The summed E-state index contributed by atoms with van der Waals surface area (Å²) in [4.78, 5) is 24.3. The Morgan fingerprint density at radius 2 is 2.05 bits per heavy atom. The normalized spacial score (nSPS) is 11.9. The maximum atomic E-state index is 12.1. The first-order valence-corrected chi connectivity index (χ1v) is 8.01. The highest BCUT2D eigenvalue weighted by atomic mass is 32.2. The lowest BCUT2D eigenvalue weighted by molar-refractivity contribution is -0.134. The molecule has 2 N–H and O–H groups in total. The van der Waals surface area contributed by atoms with E-state index in [1.165, 1.54) is 11.3 Å². The van der Waals surface area contributed by atoms with E-state index >= 15 is 0 Å². The second-order valence-electron chi connectivity index (χ2n) is 3.93. The number of carboxylic acid groups (broad SMARTS) is 1. The molecular weight excluding hydrogens is 300 g/mol. The van der Waals surface area contributed by atoms with Gasteiger partial charge in [0.2, 0.25) is 11.0 Å². The molecule has 0 aliphatic heterocycles. The molecule has 0 radical (unpaired) electrons. The summed E-state index contributed by atoms with van der Waals surface area (Å²) in [5.74, 6) is -0.947. The summed E-state index contributed by atoms with van der Waals surface area (Å²) < 4.78 is 0.567. The summed E-state index contributed by atoms with van der Waals surface area (Å²) in [5.41, 5.74) is 0. The largest absolute Gasteiger partial charge is 0.481 e. The van der Waals surface area contributed by atoms with Gasteiger partial charge in [-0.3, -0.25) is 9.59 Å². The number of nitrogens with zero attached hydrogens (tertiary/aromatic N) is 3. The van der Waals surface area contributed by atoms with Crippen LogP contribution in [0.5, 0.6) is 0 Å². The van der Waals surface area contributed by atoms with Gasteiger partial charge in [0.1, 0.15) is 6.04 Å². The number of aliphatic carboxylic acids is 1. The van der Waals surface area contributed by atoms with Gasteiger partial charge in [-0.2, -0.15) is 0 Å². The lowest BCUT2D eigenvalue weighted by atomic mass is 10.3. The van der Waals surface area contributed by atoms with Crippen molar-refractivity contribution >= 4 is 40.1 Å². The fraction of sp³-hybridized carbons (Fsp3) is 0.636. The van der Waals surface area contributed by atoms with Crippen molar-refractivity contribution in [3.8, 4) is 0 Å². The van der Waals surface area contributed by atoms with Gasteiger partial charge < -0.3 is 15.3 Å². The van der Waals surface area contributed by atoms with Crippen molar-refractivity contribution in [1.29, 1.82) is 0 Å². The Bertz CT molecular complexity index is 462. The first-order valence-electron chi connectivity index (χ1n) is 6.21. The van der Waals surface area contributed by atoms with E-state index in [0.29, 0.717) is 22.6 Å². The third kappa shape index (κ3) is 4.97. The standard InChI is InChI=1S/C11H18N4O3S2/c1-4-15(5-2)9(18)7(3)12-10-13-14-11(20-10)19-6-8(16)17/h7H,4-6H2,1-3H3,(H,12,13)(H,16,17). The lowest BCUT2D eigenvalue weighted by Gasteiger charge is -2.22. The summed E-state index contributed by atoms with van der Waals surface area (Å²) in [6.07, 6.45) is 0. The maximum Gasteiger partial charge on any atom is 0.313 e. The average molecular weight is 318 g/mol. The van der Waals surface area contributed by atoms with E-state index < -0.39 is 5.97 Å². The van der Waals surface area contributed by atoms with Gasteiger partial charge in [0.05, 0.1) is 5.75 Å². The number of nitrogens with one attached hydrogen (secondary N) is 1. The minimum Gasteiger partial charge on any atom is -0.481 e. The Morgan fingerprint density at radius 3 is 2.60 bits per heavy atom. The van der Waals surface area contributed by atoms with E-state index in [9.17, 15) is 9.59 Å². The van der Waals surface area contributed by atoms with Crippen LogP contribution in [0.25, 0.3) is 0 Å². The minimum absolute atomic E-state index is 0.00457. The number of carbonyl (C=O) groups is 2. The van der Waals surface area contributed by atoms with Crippen LogP contribution in [-0.4, -0.2) is 57.0 Å². The van der Waals surface area contributed by atoms with Gasteiger partial charge in [-0.05, 0) is 20.8 Å². The predicted molar refractivity (Wildman–Crippen MR) is 79.3 cm³/mol. The van der Waals surface area contributed by atoms with E-state index in [1.54, 1.807) is 11.8 Å². The van der Waals surface area contributed by atoms with Crippen molar-refractivity contribution in [2.24, 2.45) is 0 Å². The van der Waals surface area contributed by atoms with Crippen LogP contribution < -0.4 is 5.32 Å². The van der Waals surface area contributed by atoms with Gasteiger partial charge >= 0.3 is 5.97 Å². The molecule has 0 spiro atoms. The molecule has 0 bridgehead atoms. The van der Waals surface area contributed by atoms with Gasteiger partial charge in [0, 0.05) is 13.1 Å². The highest BCUT2D eigenvalue weighted by Gasteiger charge is 2.19. The molecule has 0 saturated carbocycles. The molecule has 9 heteroatoms. The van der Waals surface area contributed by atoms with Crippen LogP contribution in [0.2, 0.25) is 0 Å². The van der Waals surface area contributed by atoms with Crippen molar-refractivity contribution in [2.75, 3.05) is 24.2 Å². The number of hydrogen-bond acceptors (Lipinski definition) is 7. The summed E-state index contributed by atoms with van der Waals surface area (Å²) in [6, 6.07) is -0.389.